The van der Waals surface area contributed by atoms with Crippen molar-refractivity contribution < 1.29 is 27.6 Å². The molecule has 0 bridgehead atoms. The summed E-state index contributed by atoms with van der Waals surface area (Å²) < 4.78 is 30.4. The van der Waals surface area contributed by atoms with Crippen LogP contribution >= 0.6 is 11.6 Å². The van der Waals surface area contributed by atoms with E-state index in [1.54, 1.807) is 20.8 Å². The maximum Gasteiger partial charge on any atom is 0.338 e. The standard InChI is InChI=1S/C16H23ClN2O6S/c1-10(14(20)18-16(2,3)4)25-15(21)11-7-8-12(17)13(9-11)26(22,23)19(5)24-6/h7-10H,1-6H3,(H,18,20)/t10-/m1/s1. The number of rotatable bonds is 6. The Morgan fingerprint density at radius 2 is 1.85 bits per heavy atom. The van der Waals surface area contributed by atoms with Crippen molar-refractivity contribution in [2.24, 2.45) is 0 Å². The Labute approximate surface area is 158 Å². The van der Waals surface area contributed by atoms with Crippen LogP contribution in [0.1, 0.15) is 38.1 Å². The van der Waals surface area contributed by atoms with Crippen molar-refractivity contribution >= 4 is 33.5 Å². The summed E-state index contributed by atoms with van der Waals surface area (Å²) in [6, 6.07) is 3.64. The van der Waals surface area contributed by atoms with Crippen molar-refractivity contribution in [1.29, 1.82) is 0 Å². The number of hydrogen-bond acceptors (Lipinski definition) is 6. The summed E-state index contributed by atoms with van der Waals surface area (Å²) in [6.07, 6.45) is -1.06. The van der Waals surface area contributed by atoms with Gasteiger partial charge in [-0.05, 0) is 45.9 Å². The number of halogens is 1. The lowest BCUT2D eigenvalue weighted by Crippen LogP contribution is -2.46. The second-order valence-electron chi connectivity index (χ2n) is 6.53. The highest BCUT2D eigenvalue weighted by Gasteiger charge is 2.27. The molecule has 0 unspecified atom stereocenters. The van der Waals surface area contributed by atoms with Gasteiger partial charge in [0.15, 0.2) is 6.10 Å². The molecular formula is C16H23ClN2O6S. The van der Waals surface area contributed by atoms with E-state index >= 15 is 0 Å². The van der Waals surface area contributed by atoms with Gasteiger partial charge in [0.05, 0.1) is 17.7 Å². The molecule has 0 aliphatic heterocycles. The van der Waals surface area contributed by atoms with E-state index in [0.29, 0.717) is 4.47 Å². The lowest BCUT2D eigenvalue weighted by Gasteiger charge is -2.23. The van der Waals surface area contributed by atoms with Crippen LogP contribution in [-0.4, -0.2) is 50.6 Å². The lowest BCUT2D eigenvalue weighted by atomic mass is 10.1. The van der Waals surface area contributed by atoms with E-state index in [2.05, 4.69) is 10.2 Å². The Kier molecular flexibility index (Phi) is 7.17. The number of esters is 1. The molecule has 0 aliphatic rings. The van der Waals surface area contributed by atoms with Crippen LogP contribution in [0.2, 0.25) is 5.02 Å². The molecule has 26 heavy (non-hydrogen) atoms. The number of nitrogens with zero attached hydrogens (tertiary/aromatic N) is 1. The summed E-state index contributed by atoms with van der Waals surface area (Å²) in [5.74, 6) is -1.32. The van der Waals surface area contributed by atoms with Gasteiger partial charge in [0.1, 0.15) is 4.90 Å². The maximum absolute atomic E-state index is 12.3. The monoisotopic (exact) mass is 406 g/mol. The minimum atomic E-state index is -4.05. The first kappa shape index (κ1) is 22.4. The van der Waals surface area contributed by atoms with Crippen molar-refractivity contribution in [3.05, 3.63) is 28.8 Å². The highest BCUT2D eigenvalue weighted by atomic mass is 35.5. The van der Waals surface area contributed by atoms with Gasteiger partial charge in [0.25, 0.3) is 15.9 Å². The predicted octanol–water partition coefficient (Wildman–Crippen LogP) is 1.98. The first-order valence-corrected chi connectivity index (χ1v) is 9.47. The first-order chi connectivity index (χ1) is 11.8. The molecule has 1 amide bonds. The van der Waals surface area contributed by atoms with Crippen molar-refractivity contribution in [2.45, 2.75) is 44.2 Å². The Morgan fingerprint density at radius 1 is 1.27 bits per heavy atom. The Hall–Kier alpha value is -1.68. The van der Waals surface area contributed by atoms with Gasteiger partial charge in [-0.15, -0.1) is 0 Å². The topological polar surface area (TPSA) is 102 Å². The number of sulfonamides is 1. The average Bonchev–Trinajstić information content (AvgIpc) is 2.52. The zero-order chi connectivity index (χ0) is 20.3. The second-order valence-corrected chi connectivity index (χ2v) is 8.84. The molecule has 0 fully saturated rings. The van der Waals surface area contributed by atoms with Crippen molar-refractivity contribution in [2.75, 3.05) is 14.2 Å². The van der Waals surface area contributed by atoms with Gasteiger partial charge in [0.2, 0.25) is 0 Å². The number of hydroxylamine groups is 1. The molecular weight excluding hydrogens is 384 g/mol. The third-order valence-corrected chi connectivity index (χ3v) is 5.35. The highest BCUT2D eigenvalue weighted by molar-refractivity contribution is 7.89. The number of benzene rings is 1. The van der Waals surface area contributed by atoms with E-state index < -0.39 is 33.5 Å². The smallest absolute Gasteiger partial charge is 0.338 e. The molecule has 10 heteroatoms. The quantitative estimate of drug-likeness (QED) is 0.572. The summed E-state index contributed by atoms with van der Waals surface area (Å²) >= 11 is 5.94. The largest absolute Gasteiger partial charge is 0.449 e. The number of nitrogens with one attached hydrogen (secondary N) is 1. The molecule has 0 saturated heterocycles. The second kappa shape index (κ2) is 8.34. The van der Waals surface area contributed by atoms with E-state index in [1.165, 1.54) is 33.2 Å². The molecule has 0 aliphatic carbocycles. The Bertz CT molecular complexity index is 788. The van der Waals surface area contributed by atoms with Gasteiger partial charge in [-0.2, -0.15) is 0 Å². The fourth-order valence-electron chi connectivity index (χ4n) is 1.82. The van der Waals surface area contributed by atoms with Gasteiger partial charge in [-0.25, -0.2) is 13.2 Å². The molecule has 0 heterocycles. The predicted molar refractivity (Wildman–Crippen MR) is 96.2 cm³/mol. The van der Waals surface area contributed by atoms with Gasteiger partial charge < -0.3 is 10.1 Å². The number of carbonyl (C=O) groups is 2. The van der Waals surface area contributed by atoms with E-state index in [9.17, 15) is 18.0 Å². The minimum absolute atomic E-state index is 0.0621. The van der Waals surface area contributed by atoms with Crippen LogP contribution in [0.3, 0.4) is 0 Å². The number of amides is 1. The van der Waals surface area contributed by atoms with Crippen molar-refractivity contribution in [3.8, 4) is 0 Å². The van der Waals surface area contributed by atoms with Crippen LogP contribution in [0.15, 0.2) is 23.1 Å². The van der Waals surface area contributed by atoms with Crippen LogP contribution < -0.4 is 5.32 Å². The molecule has 0 aromatic heterocycles. The lowest BCUT2D eigenvalue weighted by molar-refractivity contribution is -0.130. The molecule has 146 valence electrons. The Balaban J connectivity index is 3.05. The molecule has 1 rings (SSSR count). The molecule has 1 aromatic carbocycles. The zero-order valence-corrected chi connectivity index (χ0v) is 17.1. The SMILES string of the molecule is CON(C)S(=O)(=O)c1cc(C(=O)O[C@H](C)C(=O)NC(C)(C)C)ccc1Cl. The first-order valence-electron chi connectivity index (χ1n) is 7.65. The van der Waals surface area contributed by atoms with E-state index in [0.717, 1.165) is 6.07 Å². The molecule has 0 spiro atoms. The van der Waals surface area contributed by atoms with Crippen LogP contribution in [0, 0.1) is 0 Å². The normalized spacial score (nSPS) is 13.4. The van der Waals surface area contributed by atoms with Gasteiger partial charge in [-0.1, -0.05) is 16.1 Å². The molecule has 1 N–H and O–H groups in total. The van der Waals surface area contributed by atoms with Crippen LogP contribution in [-0.2, 0) is 24.4 Å². The minimum Gasteiger partial charge on any atom is -0.449 e. The van der Waals surface area contributed by atoms with Gasteiger partial charge in [-0.3, -0.25) is 9.63 Å². The maximum atomic E-state index is 12.3. The summed E-state index contributed by atoms with van der Waals surface area (Å²) in [5, 5.41) is 2.61. The van der Waals surface area contributed by atoms with Gasteiger partial charge in [0, 0.05) is 12.6 Å². The van der Waals surface area contributed by atoms with Crippen LogP contribution in [0.5, 0.6) is 0 Å². The fourth-order valence-corrected chi connectivity index (χ4v) is 3.29. The highest BCUT2D eigenvalue weighted by Crippen LogP contribution is 2.25. The fraction of sp³-hybridized carbons (Fsp3) is 0.500. The summed E-state index contributed by atoms with van der Waals surface area (Å²) in [6.45, 7) is 6.80. The summed E-state index contributed by atoms with van der Waals surface area (Å²) in [4.78, 5) is 28.6. The molecule has 0 radical (unpaired) electrons. The third-order valence-electron chi connectivity index (χ3n) is 3.19. The molecule has 1 aromatic rings. The molecule has 8 nitrogen and oxygen atoms in total. The van der Waals surface area contributed by atoms with Gasteiger partial charge >= 0.3 is 5.97 Å². The number of carbonyl (C=O) groups excluding carboxylic acids is 2. The summed E-state index contributed by atoms with van der Waals surface area (Å²) in [7, 11) is -1.68. The average molecular weight is 407 g/mol. The third kappa shape index (κ3) is 5.66. The van der Waals surface area contributed by atoms with E-state index in [-0.39, 0.29) is 15.5 Å². The van der Waals surface area contributed by atoms with Crippen LogP contribution in [0.25, 0.3) is 0 Å². The number of ether oxygens (including phenoxy) is 1. The molecule has 0 saturated carbocycles. The molecule has 1 atom stereocenters. The Morgan fingerprint density at radius 3 is 2.35 bits per heavy atom. The van der Waals surface area contributed by atoms with Crippen LogP contribution in [0.4, 0.5) is 0 Å². The number of hydrogen-bond donors (Lipinski definition) is 1. The van der Waals surface area contributed by atoms with Crippen molar-refractivity contribution in [3.63, 3.8) is 0 Å². The van der Waals surface area contributed by atoms with Crippen molar-refractivity contribution in [1.82, 2.24) is 9.79 Å². The van der Waals surface area contributed by atoms with E-state index in [4.69, 9.17) is 16.3 Å². The van der Waals surface area contributed by atoms with E-state index in [1.807, 2.05) is 0 Å². The zero-order valence-electron chi connectivity index (χ0n) is 15.5. The summed E-state index contributed by atoms with van der Waals surface area (Å²) in [5.41, 5.74) is -0.544.